The molecule has 6 rings (SSSR count). The Morgan fingerprint density at radius 3 is 2.39 bits per heavy atom. The summed E-state index contributed by atoms with van der Waals surface area (Å²) < 4.78 is 7.91. The normalized spacial score (nSPS) is 22.9. The fraction of sp³-hybridized carbons (Fsp3) is 0.448. The molecule has 3 aliphatic rings. The molecular formula is C29H35N5OS. The maximum atomic E-state index is 5.95. The van der Waals surface area contributed by atoms with Crippen LogP contribution in [0.3, 0.4) is 0 Å². The summed E-state index contributed by atoms with van der Waals surface area (Å²) in [4.78, 5) is 9.63. The van der Waals surface area contributed by atoms with Crippen molar-refractivity contribution in [3.63, 3.8) is 0 Å². The van der Waals surface area contributed by atoms with Crippen LogP contribution in [0.1, 0.15) is 60.4 Å². The van der Waals surface area contributed by atoms with Gasteiger partial charge in [0, 0.05) is 48.1 Å². The van der Waals surface area contributed by atoms with Crippen molar-refractivity contribution in [1.82, 2.24) is 19.8 Å². The lowest BCUT2D eigenvalue weighted by molar-refractivity contribution is 0.122. The molecule has 0 unspecified atom stereocenters. The van der Waals surface area contributed by atoms with E-state index in [-0.39, 0.29) is 12.1 Å². The van der Waals surface area contributed by atoms with Crippen LogP contribution in [-0.2, 0) is 4.74 Å². The number of anilines is 1. The molecule has 4 heterocycles. The number of aryl methyl sites for hydroxylation is 1. The highest BCUT2D eigenvalue weighted by molar-refractivity contribution is 7.80. The highest BCUT2D eigenvalue weighted by Gasteiger charge is 2.44. The summed E-state index contributed by atoms with van der Waals surface area (Å²) in [7, 11) is 0. The lowest BCUT2D eigenvalue weighted by atomic mass is 9.95. The Kier molecular flexibility index (Phi) is 6.44. The van der Waals surface area contributed by atoms with E-state index in [0.717, 1.165) is 37.1 Å². The van der Waals surface area contributed by atoms with Crippen LogP contribution in [-0.4, -0.2) is 51.9 Å². The number of nitrogens with one attached hydrogen (secondary N) is 1. The number of aromatic nitrogens is 2. The van der Waals surface area contributed by atoms with Crippen LogP contribution in [0.2, 0.25) is 0 Å². The van der Waals surface area contributed by atoms with Gasteiger partial charge in [-0.15, -0.1) is 0 Å². The van der Waals surface area contributed by atoms with Crippen molar-refractivity contribution in [2.24, 2.45) is 0 Å². The van der Waals surface area contributed by atoms with Gasteiger partial charge in [-0.05, 0) is 86.9 Å². The molecule has 2 saturated heterocycles. The number of pyridine rings is 1. The van der Waals surface area contributed by atoms with Gasteiger partial charge in [-0.1, -0.05) is 18.9 Å². The minimum absolute atomic E-state index is 0.0388. The van der Waals surface area contributed by atoms with Gasteiger partial charge >= 0.3 is 0 Å². The Morgan fingerprint density at radius 1 is 0.972 bits per heavy atom. The van der Waals surface area contributed by atoms with Crippen LogP contribution in [0.15, 0.2) is 54.7 Å². The molecule has 1 N–H and O–H groups in total. The van der Waals surface area contributed by atoms with Gasteiger partial charge in [0.05, 0.1) is 31.0 Å². The van der Waals surface area contributed by atoms with E-state index >= 15 is 0 Å². The summed E-state index contributed by atoms with van der Waals surface area (Å²) in [5.41, 5.74) is 7.35. The number of rotatable bonds is 5. The monoisotopic (exact) mass is 501 g/mol. The molecule has 1 aromatic carbocycles. The van der Waals surface area contributed by atoms with Gasteiger partial charge in [0.25, 0.3) is 0 Å². The number of morpholine rings is 1. The molecule has 2 aromatic heterocycles. The molecular weight excluding hydrogens is 466 g/mol. The number of benzene rings is 1. The third-order valence-electron chi connectivity index (χ3n) is 8.13. The van der Waals surface area contributed by atoms with E-state index in [0.29, 0.717) is 6.04 Å². The molecule has 0 bridgehead atoms. The number of nitrogens with zero attached hydrogens (tertiary/aromatic N) is 4. The van der Waals surface area contributed by atoms with Crippen LogP contribution >= 0.6 is 12.2 Å². The smallest absolute Gasteiger partial charge is 0.170 e. The first-order chi connectivity index (χ1) is 17.6. The van der Waals surface area contributed by atoms with E-state index < -0.39 is 0 Å². The van der Waals surface area contributed by atoms with Gasteiger partial charge in [0.2, 0.25) is 0 Å². The molecule has 2 atom stereocenters. The van der Waals surface area contributed by atoms with E-state index in [1.165, 1.54) is 54.0 Å². The Bertz CT molecular complexity index is 1210. The number of hydrogen-bond donors (Lipinski definition) is 1. The molecule has 1 aliphatic carbocycles. The zero-order chi connectivity index (χ0) is 24.6. The van der Waals surface area contributed by atoms with Gasteiger partial charge in [-0.25, -0.2) is 0 Å². The lowest BCUT2D eigenvalue weighted by Gasteiger charge is -2.33. The third-order valence-corrected chi connectivity index (χ3v) is 8.46. The average molecular weight is 502 g/mol. The summed E-state index contributed by atoms with van der Waals surface area (Å²) in [6.45, 7) is 7.96. The lowest BCUT2D eigenvalue weighted by Crippen LogP contribution is -2.37. The Hall–Kier alpha value is -2.90. The molecule has 0 spiro atoms. The summed E-state index contributed by atoms with van der Waals surface area (Å²) in [5, 5.41) is 4.52. The van der Waals surface area contributed by atoms with E-state index in [2.05, 4.69) is 76.0 Å². The molecule has 1 saturated carbocycles. The Labute approximate surface area is 219 Å². The zero-order valence-corrected chi connectivity index (χ0v) is 22.0. The molecule has 0 radical (unpaired) electrons. The highest BCUT2D eigenvalue weighted by atomic mass is 32.1. The quantitative estimate of drug-likeness (QED) is 0.483. The summed E-state index contributed by atoms with van der Waals surface area (Å²) in [6, 6.07) is 18.2. The van der Waals surface area contributed by atoms with Crippen LogP contribution < -0.4 is 10.2 Å². The summed E-state index contributed by atoms with van der Waals surface area (Å²) >= 11 is 5.95. The van der Waals surface area contributed by atoms with Crippen LogP contribution in [0.5, 0.6) is 0 Å². The summed E-state index contributed by atoms with van der Waals surface area (Å²) in [5.74, 6) is 0. The van der Waals surface area contributed by atoms with Crippen molar-refractivity contribution in [1.29, 1.82) is 0 Å². The van der Waals surface area contributed by atoms with Gasteiger partial charge < -0.3 is 24.4 Å². The second kappa shape index (κ2) is 9.87. The number of hydrogen-bond acceptors (Lipinski definition) is 4. The maximum Gasteiger partial charge on any atom is 0.170 e. The highest BCUT2D eigenvalue weighted by Crippen LogP contribution is 2.44. The minimum Gasteiger partial charge on any atom is -0.378 e. The van der Waals surface area contributed by atoms with E-state index in [1.807, 2.05) is 12.3 Å². The Morgan fingerprint density at radius 2 is 1.69 bits per heavy atom. The van der Waals surface area contributed by atoms with Crippen molar-refractivity contribution < 1.29 is 4.74 Å². The average Bonchev–Trinajstić information content (AvgIpc) is 3.63. The fourth-order valence-electron chi connectivity index (χ4n) is 6.39. The van der Waals surface area contributed by atoms with Crippen LogP contribution in [0, 0.1) is 13.8 Å². The zero-order valence-electron chi connectivity index (χ0n) is 21.2. The van der Waals surface area contributed by atoms with Crippen LogP contribution in [0.4, 0.5) is 5.69 Å². The largest absolute Gasteiger partial charge is 0.378 e. The van der Waals surface area contributed by atoms with Crippen molar-refractivity contribution in [3.8, 4) is 5.69 Å². The van der Waals surface area contributed by atoms with E-state index in [9.17, 15) is 0 Å². The standard InChI is InChI=1S/C29H35N5OS/c1-20-19-25(21(2)33(20)24-12-10-22(11-13-24)32-15-17-35-18-16-32)28-27(26-9-5-6-14-30-26)31-29(36)34(28)23-7-3-4-8-23/h5-6,9-14,19,23,27-28H,3-4,7-8,15-18H2,1-2H3,(H,31,36)/t27-,28-/m0/s1. The van der Waals surface area contributed by atoms with E-state index in [1.54, 1.807) is 0 Å². The van der Waals surface area contributed by atoms with Gasteiger partial charge in [-0.2, -0.15) is 0 Å². The SMILES string of the molecule is Cc1cc([C@H]2[C@H](c3ccccn3)NC(=S)N2C2CCCC2)c(C)n1-c1ccc(N2CCOCC2)cc1. The molecule has 3 aromatic rings. The maximum absolute atomic E-state index is 5.95. The third kappa shape index (κ3) is 4.18. The number of thiocarbonyl (C=S) groups is 1. The molecule has 2 aliphatic heterocycles. The molecule has 36 heavy (non-hydrogen) atoms. The van der Waals surface area contributed by atoms with Crippen molar-refractivity contribution in [2.45, 2.75) is 57.7 Å². The molecule has 7 heteroatoms. The number of ether oxygens (including phenoxy) is 1. The second-order valence-electron chi connectivity index (χ2n) is 10.2. The minimum atomic E-state index is 0.0388. The van der Waals surface area contributed by atoms with E-state index in [4.69, 9.17) is 21.9 Å². The van der Waals surface area contributed by atoms with Crippen LogP contribution in [0.25, 0.3) is 5.69 Å². The van der Waals surface area contributed by atoms with Crippen molar-refractivity contribution in [2.75, 3.05) is 31.2 Å². The molecule has 0 amide bonds. The second-order valence-corrected chi connectivity index (χ2v) is 10.6. The molecule has 3 fully saturated rings. The molecule has 188 valence electrons. The van der Waals surface area contributed by atoms with Gasteiger partial charge in [0.15, 0.2) is 5.11 Å². The summed E-state index contributed by atoms with van der Waals surface area (Å²) in [6.07, 6.45) is 6.84. The van der Waals surface area contributed by atoms with Crippen molar-refractivity contribution >= 4 is 23.0 Å². The predicted octanol–water partition coefficient (Wildman–Crippen LogP) is 5.24. The first-order valence-corrected chi connectivity index (χ1v) is 13.6. The Balaban J connectivity index is 1.38. The van der Waals surface area contributed by atoms with Crippen molar-refractivity contribution in [3.05, 3.63) is 77.4 Å². The topological polar surface area (TPSA) is 45.6 Å². The first kappa shape index (κ1) is 23.5. The van der Waals surface area contributed by atoms with Gasteiger partial charge in [-0.3, -0.25) is 4.98 Å². The first-order valence-electron chi connectivity index (χ1n) is 13.2. The van der Waals surface area contributed by atoms with Gasteiger partial charge in [0.1, 0.15) is 0 Å². The fourth-order valence-corrected chi connectivity index (χ4v) is 6.78. The predicted molar refractivity (Wildman–Crippen MR) is 148 cm³/mol. The molecule has 6 nitrogen and oxygen atoms in total.